The SMILES string of the molecule is CCCCCCCCCCCCCCCCCCOC(=O)/C=C/C(=O)O.CCCCCCCCCCCCCCCCCCOC(=O)/C=C/C(=O)O.[NaH]. The molecule has 0 bridgehead atoms. The van der Waals surface area contributed by atoms with Crippen LogP contribution in [0.25, 0.3) is 0 Å². The van der Waals surface area contributed by atoms with E-state index in [9.17, 15) is 19.2 Å². The molecule has 0 saturated heterocycles. The molecular formula is C44H81NaO8. The molecule has 0 rings (SSSR count). The average molecular weight is 761 g/mol. The molecule has 0 fully saturated rings. The molecule has 0 unspecified atom stereocenters. The molecule has 0 aliphatic heterocycles. The van der Waals surface area contributed by atoms with Crippen LogP contribution in [0.1, 0.15) is 219 Å². The van der Waals surface area contributed by atoms with Crippen LogP contribution in [0.3, 0.4) is 0 Å². The molecule has 0 atom stereocenters. The van der Waals surface area contributed by atoms with Crippen molar-refractivity contribution in [2.24, 2.45) is 0 Å². The summed E-state index contributed by atoms with van der Waals surface area (Å²) in [4.78, 5) is 42.8. The molecule has 2 N–H and O–H groups in total. The van der Waals surface area contributed by atoms with Crippen LogP contribution in [0.4, 0.5) is 0 Å². The normalized spacial score (nSPS) is 10.9. The fourth-order valence-electron chi connectivity index (χ4n) is 6.02. The summed E-state index contributed by atoms with van der Waals surface area (Å²) < 4.78 is 9.84. The second-order valence-electron chi connectivity index (χ2n) is 14.3. The van der Waals surface area contributed by atoms with E-state index < -0.39 is 23.9 Å². The third-order valence-electron chi connectivity index (χ3n) is 9.21. The standard InChI is InChI=1S/2C22H40O4.Na.H/c2*1-2-3-4-5-6-7-8-9-10-11-12-13-14-15-16-17-20-26-22(25)19-18-21(23)24;;/h2*18-19H,2-17,20H2,1H3,(H,23,24);;/b2*19-18+;;. The van der Waals surface area contributed by atoms with Gasteiger partial charge < -0.3 is 19.7 Å². The van der Waals surface area contributed by atoms with Gasteiger partial charge in [0.25, 0.3) is 0 Å². The second-order valence-corrected chi connectivity index (χ2v) is 14.3. The minimum absolute atomic E-state index is 0. The van der Waals surface area contributed by atoms with Gasteiger partial charge in [0.15, 0.2) is 0 Å². The Bertz CT molecular complexity index is 803. The van der Waals surface area contributed by atoms with Crippen LogP contribution in [0.5, 0.6) is 0 Å². The zero-order valence-electron chi connectivity index (χ0n) is 33.7. The summed E-state index contributed by atoms with van der Waals surface area (Å²) in [7, 11) is 0. The van der Waals surface area contributed by atoms with Gasteiger partial charge in [-0.15, -0.1) is 0 Å². The van der Waals surface area contributed by atoms with E-state index in [1.165, 1.54) is 180 Å². The van der Waals surface area contributed by atoms with E-state index in [1.807, 2.05) is 0 Å². The van der Waals surface area contributed by atoms with Crippen molar-refractivity contribution in [1.29, 1.82) is 0 Å². The van der Waals surface area contributed by atoms with Gasteiger partial charge in [-0.25, -0.2) is 19.2 Å². The Labute approximate surface area is 347 Å². The number of hydrogen-bond acceptors (Lipinski definition) is 6. The Morgan fingerprint density at radius 1 is 0.340 bits per heavy atom. The van der Waals surface area contributed by atoms with Crippen molar-refractivity contribution < 1.29 is 38.9 Å². The first-order valence-electron chi connectivity index (χ1n) is 21.5. The van der Waals surface area contributed by atoms with Crippen LogP contribution < -0.4 is 0 Å². The van der Waals surface area contributed by atoms with Crippen LogP contribution in [0.2, 0.25) is 0 Å². The van der Waals surface area contributed by atoms with E-state index in [1.54, 1.807) is 0 Å². The molecule has 0 aromatic rings. The first-order chi connectivity index (χ1) is 25.3. The molecular weight excluding hydrogens is 679 g/mol. The van der Waals surface area contributed by atoms with E-state index in [2.05, 4.69) is 13.8 Å². The van der Waals surface area contributed by atoms with Gasteiger partial charge in [-0.2, -0.15) is 0 Å². The van der Waals surface area contributed by atoms with Crippen molar-refractivity contribution in [2.45, 2.75) is 219 Å². The van der Waals surface area contributed by atoms with Crippen molar-refractivity contribution in [3.05, 3.63) is 24.3 Å². The number of carboxylic acid groups (broad SMARTS) is 2. The fraction of sp³-hybridized carbons (Fsp3) is 0.818. The molecule has 0 aromatic heterocycles. The summed E-state index contributed by atoms with van der Waals surface area (Å²) in [6.45, 7) is 5.28. The Morgan fingerprint density at radius 3 is 0.717 bits per heavy atom. The first kappa shape index (κ1) is 55.7. The van der Waals surface area contributed by atoms with E-state index >= 15 is 0 Å². The topological polar surface area (TPSA) is 127 Å². The molecule has 0 amide bonds. The zero-order chi connectivity index (χ0) is 38.6. The van der Waals surface area contributed by atoms with Crippen LogP contribution in [0, 0.1) is 0 Å². The van der Waals surface area contributed by atoms with Crippen molar-refractivity contribution in [2.75, 3.05) is 13.2 Å². The van der Waals surface area contributed by atoms with Gasteiger partial charge in [-0.1, -0.05) is 206 Å². The molecule has 0 aliphatic carbocycles. The third-order valence-corrected chi connectivity index (χ3v) is 9.21. The molecule has 8 nitrogen and oxygen atoms in total. The van der Waals surface area contributed by atoms with Crippen molar-refractivity contribution in [3.8, 4) is 0 Å². The quantitative estimate of drug-likeness (QED) is 0.0275. The Hall–Kier alpha value is -1.64. The molecule has 0 aliphatic rings. The Morgan fingerprint density at radius 2 is 0.528 bits per heavy atom. The molecule has 0 aromatic carbocycles. The molecule has 0 radical (unpaired) electrons. The number of esters is 2. The molecule has 0 spiro atoms. The number of carbonyl (C=O) groups excluding carboxylic acids is 2. The zero-order valence-corrected chi connectivity index (χ0v) is 33.7. The van der Waals surface area contributed by atoms with Gasteiger partial charge in [0, 0.05) is 24.3 Å². The van der Waals surface area contributed by atoms with Gasteiger partial charge in [0.1, 0.15) is 0 Å². The summed E-state index contributed by atoms with van der Waals surface area (Å²) in [5.41, 5.74) is 0. The summed E-state index contributed by atoms with van der Waals surface area (Å²) in [6.07, 6.45) is 45.4. The number of ether oxygens (including phenoxy) is 2. The van der Waals surface area contributed by atoms with Crippen LogP contribution in [-0.2, 0) is 28.7 Å². The predicted octanol–water partition coefficient (Wildman–Crippen LogP) is 12.2. The van der Waals surface area contributed by atoms with Gasteiger partial charge in [0.2, 0.25) is 0 Å². The molecule has 306 valence electrons. The van der Waals surface area contributed by atoms with Gasteiger partial charge in [-0.05, 0) is 12.8 Å². The van der Waals surface area contributed by atoms with Gasteiger partial charge in [-0.3, -0.25) is 0 Å². The maximum atomic E-state index is 11.1. The number of carbonyl (C=O) groups is 4. The van der Waals surface area contributed by atoms with Crippen LogP contribution in [0.15, 0.2) is 24.3 Å². The first-order valence-corrected chi connectivity index (χ1v) is 21.5. The van der Waals surface area contributed by atoms with Crippen LogP contribution in [-0.4, -0.2) is 76.9 Å². The van der Waals surface area contributed by atoms with Crippen molar-refractivity contribution >= 4 is 53.4 Å². The second kappa shape index (κ2) is 48.4. The maximum absolute atomic E-state index is 11.1. The van der Waals surface area contributed by atoms with Crippen LogP contribution >= 0.6 is 0 Å². The monoisotopic (exact) mass is 761 g/mol. The number of unbranched alkanes of at least 4 members (excludes halogenated alkanes) is 30. The van der Waals surface area contributed by atoms with E-state index in [-0.39, 0.29) is 29.6 Å². The van der Waals surface area contributed by atoms with E-state index in [0.717, 1.165) is 50.0 Å². The number of rotatable bonds is 38. The molecule has 53 heavy (non-hydrogen) atoms. The van der Waals surface area contributed by atoms with Crippen molar-refractivity contribution in [1.82, 2.24) is 0 Å². The summed E-state index contributed by atoms with van der Waals surface area (Å²) in [6, 6.07) is 0. The Kier molecular flexibility index (Phi) is 50.8. The fourth-order valence-corrected chi connectivity index (χ4v) is 6.02. The number of aliphatic carboxylic acids is 2. The van der Waals surface area contributed by atoms with E-state index in [4.69, 9.17) is 19.7 Å². The Balaban J connectivity index is -0.000000926. The average Bonchev–Trinajstić information content (AvgIpc) is 3.12. The summed E-state index contributed by atoms with van der Waals surface area (Å²) >= 11 is 0. The van der Waals surface area contributed by atoms with E-state index in [0.29, 0.717) is 13.2 Å². The van der Waals surface area contributed by atoms with Gasteiger partial charge in [0.05, 0.1) is 13.2 Å². The minimum atomic E-state index is -1.13. The third kappa shape index (κ3) is 54.8. The van der Waals surface area contributed by atoms with Crippen molar-refractivity contribution in [3.63, 3.8) is 0 Å². The van der Waals surface area contributed by atoms with Gasteiger partial charge >= 0.3 is 53.4 Å². The molecule has 0 heterocycles. The summed E-state index contributed by atoms with van der Waals surface area (Å²) in [5.74, 6) is -3.42. The number of carboxylic acids is 2. The molecule has 9 heteroatoms. The summed E-state index contributed by atoms with van der Waals surface area (Å²) in [5, 5.41) is 16.8. The molecule has 0 saturated carbocycles. The number of hydrogen-bond donors (Lipinski definition) is 2. The predicted molar refractivity (Wildman–Crippen MR) is 222 cm³/mol.